The number of anilines is 1. The maximum atomic E-state index is 13.4. The number of carbonyl (C=O) groups excluding carboxylic acids is 2. The van der Waals surface area contributed by atoms with Crippen molar-refractivity contribution in [2.24, 2.45) is 0 Å². The van der Waals surface area contributed by atoms with E-state index >= 15 is 0 Å². The fraction of sp³-hybridized carbons (Fsp3) is 0.250. The topological polar surface area (TPSA) is 123 Å². The summed E-state index contributed by atoms with van der Waals surface area (Å²) < 4.78 is 42.5. The number of nitrogens with zero attached hydrogens (tertiary/aromatic N) is 1. The third-order valence-electron chi connectivity index (χ3n) is 5.28. The number of ether oxygens (including phenoxy) is 3. The van der Waals surface area contributed by atoms with E-state index in [-0.39, 0.29) is 23.7 Å². The Hall–Kier alpha value is -3.99. The predicted molar refractivity (Wildman–Crippen MR) is 131 cm³/mol. The minimum atomic E-state index is -4.22. The predicted octanol–water partition coefficient (Wildman–Crippen LogP) is 2.72. The number of amides is 3. The lowest BCUT2D eigenvalue weighted by atomic mass is 10.0. The molecule has 2 aromatic rings. The fourth-order valence-electron chi connectivity index (χ4n) is 3.29. The van der Waals surface area contributed by atoms with Crippen molar-refractivity contribution in [3.05, 3.63) is 71.7 Å². The highest BCUT2D eigenvalue weighted by Crippen LogP contribution is 2.35. The van der Waals surface area contributed by atoms with Crippen molar-refractivity contribution in [3.8, 4) is 17.2 Å². The molecule has 0 aliphatic carbocycles. The Labute approximate surface area is 204 Å². The number of nitrogens with one attached hydrogen (secondary N) is 2. The first kappa shape index (κ1) is 25.6. The molecule has 0 aromatic heterocycles. The summed E-state index contributed by atoms with van der Waals surface area (Å²) >= 11 is 0. The van der Waals surface area contributed by atoms with Gasteiger partial charge < -0.3 is 24.4 Å². The number of methoxy groups -OCH3 is 1. The van der Waals surface area contributed by atoms with Crippen molar-refractivity contribution >= 4 is 27.6 Å². The second-order valence-corrected chi connectivity index (χ2v) is 9.53. The van der Waals surface area contributed by atoms with Gasteiger partial charge in [0.05, 0.1) is 12.0 Å². The number of fused-ring (bicyclic) bond motifs is 1. The largest absolute Gasteiger partial charge is 0.497 e. The fourth-order valence-corrected chi connectivity index (χ4v) is 4.18. The van der Waals surface area contributed by atoms with Gasteiger partial charge in [0.1, 0.15) is 11.8 Å². The highest BCUT2D eigenvalue weighted by molar-refractivity contribution is 7.94. The molecule has 0 unspecified atom stereocenters. The number of allylic oxidation sites excluding steroid dienone is 1. The molecule has 35 heavy (non-hydrogen) atoms. The lowest BCUT2D eigenvalue weighted by Gasteiger charge is -2.25. The quantitative estimate of drug-likeness (QED) is 0.507. The van der Waals surface area contributed by atoms with E-state index in [1.165, 1.54) is 26.0 Å². The molecule has 1 heterocycles. The van der Waals surface area contributed by atoms with Gasteiger partial charge in [-0.15, -0.1) is 0 Å². The average molecular weight is 502 g/mol. The van der Waals surface area contributed by atoms with E-state index in [0.29, 0.717) is 28.5 Å². The van der Waals surface area contributed by atoms with Crippen LogP contribution in [0, 0.1) is 0 Å². The Morgan fingerprint density at radius 3 is 2.54 bits per heavy atom. The second kappa shape index (κ2) is 10.5. The monoisotopic (exact) mass is 501 g/mol. The van der Waals surface area contributed by atoms with Crippen molar-refractivity contribution in [2.75, 3.05) is 25.9 Å². The molecule has 0 saturated heterocycles. The molecule has 10 nitrogen and oxygen atoms in total. The molecular weight excluding hydrogens is 474 g/mol. The summed E-state index contributed by atoms with van der Waals surface area (Å²) in [7, 11) is -1.17. The summed E-state index contributed by atoms with van der Waals surface area (Å²) in [5.41, 5.74) is 1.37. The number of rotatable bonds is 9. The number of likely N-dealkylation sites (N-methyl/N-ethyl adjacent to an activating group) is 1. The summed E-state index contributed by atoms with van der Waals surface area (Å²) in [5.74, 6) is 1.13. The van der Waals surface area contributed by atoms with Crippen molar-refractivity contribution in [3.63, 3.8) is 0 Å². The number of hydrogen-bond donors (Lipinski definition) is 2. The van der Waals surface area contributed by atoms with Crippen molar-refractivity contribution < 1.29 is 32.2 Å². The van der Waals surface area contributed by atoms with Crippen LogP contribution in [0.5, 0.6) is 17.2 Å². The van der Waals surface area contributed by atoms with Gasteiger partial charge in [0, 0.05) is 25.2 Å². The molecule has 1 atom stereocenters. The van der Waals surface area contributed by atoms with E-state index in [9.17, 15) is 18.0 Å². The Kier molecular flexibility index (Phi) is 7.70. The summed E-state index contributed by atoms with van der Waals surface area (Å²) in [6.45, 7) is 8.50. The molecule has 11 heteroatoms. The Morgan fingerprint density at radius 1 is 1.14 bits per heavy atom. The third kappa shape index (κ3) is 6.12. The Bertz CT molecular complexity index is 1270. The smallest absolute Gasteiger partial charge is 0.329 e. The lowest BCUT2D eigenvalue weighted by molar-refractivity contribution is -0.120. The van der Waals surface area contributed by atoms with Gasteiger partial charge in [0.2, 0.25) is 12.7 Å². The molecule has 1 aliphatic rings. The standard InChI is InChI=1S/C24H27N3O7S/c1-15(2)16(3)35(30,31)26-24(29)25-20(12-17-7-6-8-19(11-17)32-5)23(28)27(4)18-9-10-21-22(13-18)34-14-33-21/h6-11,13,20H,1,3,12,14H2,2,4-5H3,(H2,25,26,29)/t20-/m0/s1. The molecular formula is C24H27N3O7S. The summed E-state index contributed by atoms with van der Waals surface area (Å²) in [6, 6.07) is 9.78. The van der Waals surface area contributed by atoms with Crippen LogP contribution in [0.3, 0.4) is 0 Å². The summed E-state index contributed by atoms with van der Waals surface area (Å²) in [6.07, 6.45) is 0.0693. The summed E-state index contributed by atoms with van der Waals surface area (Å²) in [5, 5.41) is 2.47. The molecule has 1 aliphatic heterocycles. The molecule has 0 saturated carbocycles. The minimum absolute atomic E-state index is 0.0693. The summed E-state index contributed by atoms with van der Waals surface area (Å²) in [4.78, 5) is 27.1. The van der Waals surface area contributed by atoms with Crippen molar-refractivity contribution in [2.45, 2.75) is 19.4 Å². The highest BCUT2D eigenvalue weighted by atomic mass is 32.2. The molecule has 3 amide bonds. The van der Waals surface area contributed by atoms with Crippen LogP contribution in [0.1, 0.15) is 12.5 Å². The lowest BCUT2D eigenvalue weighted by Crippen LogP contribution is -2.52. The number of carbonyl (C=O) groups is 2. The molecule has 0 fully saturated rings. The molecule has 0 spiro atoms. The molecule has 2 N–H and O–H groups in total. The van der Waals surface area contributed by atoms with Crippen LogP contribution in [0.4, 0.5) is 10.5 Å². The molecule has 0 radical (unpaired) electrons. The zero-order valence-corrected chi connectivity index (χ0v) is 20.5. The third-order valence-corrected chi connectivity index (χ3v) is 6.73. The van der Waals surface area contributed by atoms with Crippen LogP contribution >= 0.6 is 0 Å². The van der Waals surface area contributed by atoms with Gasteiger partial charge in [0.15, 0.2) is 11.5 Å². The van der Waals surface area contributed by atoms with E-state index in [1.54, 1.807) is 42.5 Å². The molecule has 186 valence electrons. The second-order valence-electron chi connectivity index (χ2n) is 7.83. The maximum Gasteiger partial charge on any atom is 0.329 e. The van der Waals surface area contributed by atoms with Gasteiger partial charge in [-0.1, -0.05) is 25.3 Å². The first-order valence-electron chi connectivity index (χ1n) is 10.5. The van der Waals surface area contributed by atoms with Crippen LogP contribution in [0.2, 0.25) is 0 Å². The van der Waals surface area contributed by atoms with Crippen molar-refractivity contribution in [1.82, 2.24) is 10.0 Å². The van der Waals surface area contributed by atoms with Gasteiger partial charge in [-0.2, -0.15) is 0 Å². The van der Waals surface area contributed by atoms with E-state index in [4.69, 9.17) is 14.2 Å². The van der Waals surface area contributed by atoms with E-state index in [0.717, 1.165) is 0 Å². The van der Waals surface area contributed by atoms with E-state index in [2.05, 4.69) is 18.5 Å². The number of benzene rings is 2. The van der Waals surface area contributed by atoms with Crippen LogP contribution in [-0.2, 0) is 21.2 Å². The van der Waals surface area contributed by atoms with Gasteiger partial charge in [-0.3, -0.25) is 4.79 Å². The van der Waals surface area contributed by atoms with Gasteiger partial charge in [-0.05, 0) is 42.3 Å². The number of urea groups is 1. The Morgan fingerprint density at radius 2 is 1.86 bits per heavy atom. The minimum Gasteiger partial charge on any atom is -0.497 e. The van der Waals surface area contributed by atoms with Gasteiger partial charge in [0.25, 0.3) is 10.0 Å². The van der Waals surface area contributed by atoms with Gasteiger partial charge >= 0.3 is 6.03 Å². The number of hydrogen-bond acceptors (Lipinski definition) is 7. The number of sulfonamides is 1. The average Bonchev–Trinajstić information content (AvgIpc) is 3.29. The molecule has 0 bridgehead atoms. The first-order chi connectivity index (χ1) is 16.5. The SMILES string of the molecule is C=C(C)C(=C)S(=O)(=O)NC(=O)N[C@@H](Cc1cccc(OC)c1)C(=O)N(C)c1ccc2c(c1)OCO2. The van der Waals surface area contributed by atoms with Crippen LogP contribution in [-0.4, -0.2) is 47.3 Å². The normalized spacial score (nSPS) is 12.9. The Balaban J connectivity index is 1.85. The highest BCUT2D eigenvalue weighted by Gasteiger charge is 2.28. The molecule has 3 rings (SSSR count). The van der Waals surface area contributed by atoms with Crippen LogP contribution < -0.4 is 29.1 Å². The maximum absolute atomic E-state index is 13.4. The first-order valence-corrected chi connectivity index (χ1v) is 12.0. The van der Waals surface area contributed by atoms with E-state index in [1.807, 2.05) is 4.72 Å². The zero-order valence-electron chi connectivity index (χ0n) is 19.7. The van der Waals surface area contributed by atoms with Crippen molar-refractivity contribution in [1.29, 1.82) is 0 Å². The van der Waals surface area contributed by atoms with Crippen LogP contribution in [0.25, 0.3) is 0 Å². The van der Waals surface area contributed by atoms with Gasteiger partial charge in [-0.25, -0.2) is 17.9 Å². The van der Waals surface area contributed by atoms with E-state index < -0.39 is 28.0 Å². The van der Waals surface area contributed by atoms with Crippen LogP contribution in [0.15, 0.2) is 66.1 Å². The molecule has 2 aromatic carbocycles. The zero-order chi connectivity index (χ0) is 25.8.